The van der Waals surface area contributed by atoms with Crippen LogP contribution in [0.15, 0.2) is 60.8 Å². The third-order valence-electron chi connectivity index (χ3n) is 16.5. The van der Waals surface area contributed by atoms with Crippen molar-refractivity contribution in [3.05, 3.63) is 60.8 Å². The molecule has 19 heteroatoms. The highest BCUT2D eigenvalue weighted by Gasteiger charge is 2.30. The maximum atomic E-state index is 13.1. The Bertz CT molecular complexity index is 2060. The third-order valence-corrected chi connectivity index (χ3v) is 18.4. The fourth-order valence-corrected chi connectivity index (χ4v) is 12.2. The molecule has 0 aliphatic carbocycles. The fraction of sp³-hybridized carbons (Fsp3) is 0.818. The van der Waals surface area contributed by atoms with Gasteiger partial charge in [0, 0.05) is 25.7 Å². The molecular weight excluding hydrogens is 1260 g/mol. The van der Waals surface area contributed by atoms with Crippen molar-refractivity contribution < 1.29 is 80.2 Å². The van der Waals surface area contributed by atoms with E-state index in [9.17, 15) is 43.2 Å². The topological polar surface area (TPSA) is 237 Å². The van der Waals surface area contributed by atoms with Gasteiger partial charge in [-0.3, -0.25) is 37.3 Å². The molecule has 0 bridgehead atoms. The van der Waals surface area contributed by atoms with Crippen LogP contribution in [-0.2, 0) is 65.4 Å². The standard InChI is InChI=1S/C77H140O17P2/c1-5-9-13-17-21-25-29-33-34-35-36-40-42-46-50-54-58-62-75(80)88-68-73(94-77(82)64-60-56-52-48-44-39-32-28-24-20-16-12-8-4)70-92-96(85,86)90-66-71(78)65-89-95(83,84)91-69-72(93-76(81)63-59-55-51-47-43-38-31-27-23-19-15-11-7-3)67-87-74(79)61-57-53-49-45-41-37-30-26-22-18-14-10-6-2/h9,13,16,20-21,25,28,32-34,71-73,78H,5-8,10-12,14-15,17-19,22-24,26-27,29-31,35-70H2,1-4H3,(H,83,84)(H,85,86)/b13-9-,20-16-,25-21-,32-28-,34-33-. The molecule has 0 amide bonds. The zero-order chi connectivity index (χ0) is 70.4. The predicted molar refractivity (Wildman–Crippen MR) is 390 cm³/mol. The van der Waals surface area contributed by atoms with Crippen molar-refractivity contribution in [1.82, 2.24) is 0 Å². The summed E-state index contributed by atoms with van der Waals surface area (Å²) in [6, 6.07) is 0. The summed E-state index contributed by atoms with van der Waals surface area (Å²) in [4.78, 5) is 72.8. The number of unbranched alkanes of at least 4 members (excludes halogenated alkanes) is 37. The monoisotopic (exact) mass is 1400 g/mol. The third kappa shape index (κ3) is 69.2. The molecule has 0 spiro atoms. The molecule has 96 heavy (non-hydrogen) atoms. The van der Waals surface area contributed by atoms with Crippen molar-refractivity contribution in [2.45, 2.75) is 367 Å². The van der Waals surface area contributed by atoms with Crippen LogP contribution in [0, 0.1) is 0 Å². The van der Waals surface area contributed by atoms with Gasteiger partial charge in [-0.25, -0.2) is 9.13 Å². The number of carbonyl (C=O) groups excluding carboxylic acids is 4. The van der Waals surface area contributed by atoms with Crippen LogP contribution < -0.4 is 0 Å². The van der Waals surface area contributed by atoms with E-state index in [1.165, 1.54) is 109 Å². The summed E-state index contributed by atoms with van der Waals surface area (Å²) in [6.45, 7) is 4.73. The summed E-state index contributed by atoms with van der Waals surface area (Å²) in [6.07, 6.45) is 67.8. The Morgan fingerprint density at radius 1 is 0.302 bits per heavy atom. The van der Waals surface area contributed by atoms with Gasteiger partial charge in [0.25, 0.3) is 0 Å². The summed E-state index contributed by atoms with van der Waals surface area (Å²) in [5.74, 6) is -2.17. The Morgan fingerprint density at radius 3 is 0.875 bits per heavy atom. The first-order valence-electron chi connectivity index (χ1n) is 38.5. The zero-order valence-electron chi connectivity index (χ0n) is 61.1. The molecule has 0 heterocycles. The molecule has 0 aromatic rings. The fourth-order valence-electron chi connectivity index (χ4n) is 10.6. The minimum absolute atomic E-state index is 0.0798. The van der Waals surface area contributed by atoms with Gasteiger partial charge in [-0.15, -0.1) is 0 Å². The first-order chi connectivity index (χ1) is 46.7. The van der Waals surface area contributed by atoms with Crippen molar-refractivity contribution in [2.24, 2.45) is 0 Å². The lowest BCUT2D eigenvalue weighted by Gasteiger charge is -2.21. The summed E-state index contributed by atoms with van der Waals surface area (Å²) in [7, 11) is -9.93. The van der Waals surface area contributed by atoms with Crippen LogP contribution in [0.1, 0.15) is 349 Å². The molecule has 0 aliphatic rings. The molecule has 0 aliphatic heterocycles. The zero-order valence-corrected chi connectivity index (χ0v) is 62.8. The van der Waals surface area contributed by atoms with Gasteiger partial charge in [-0.1, -0.05) is 300 Å². The molecule has 0 aromatic carbocycles. The van der Waals surface area contributed by atoms with Crippen LogP contribution in [0.5, 0.6) is 0 Å². The molecule has 17 nitrogen and oxygen atoms in total. The maximum absolute atomic E-state index is 13.1. The second-order valence-corrected chi connectivity index (χ2v) is 28.8. The van der Waals surface area contributed by atoms with E-state index in [0.29, 0.717) is 25.7 Å². The number of ether oxygens (including phenoxy) is 4. The number of rotatable bonds is 73. The number of aliphatic hydroxyl groups is 1. The summed E-state index contributed by atoms with van der Waals surface area (Å²) in [5, 5.41) is 10.6. The molecule has 5 unspecified atom stereocenters. The molecule has 0 radical (unpaired) electrons. The lowest BCUT2D eigenvalue weighted by molar-refractivity contribution is -0.161. The van der Waals surface area contributed by atoms with Crippen molar-refractivity contribution in [3.63, 3.8) is 0 Å². The quantitative estimate of drug-likeness (QED) is 0.0169. The Labute approximate surface area is 584 Å². The van der Waals surface area contributed by atoms with E-state index in [1.807, 2.05) is 0 Å². The Hall–Kier alpha value is -3.24. The van der Waals surface area contributed by atoms with E-state index in [4.69, 9.17) is 37.0 Å². The van der Waals surface area contributed by atoms with Crippen LogP contribution in [-0.4, -0.2) is 96.7 Å². The van der Waals surface area contributed by atoms with E-state index in [-0.39, 0.29) is 25.7 Å². The molecule has 0 saturated carbocycles. The van der Waals surface area contributed by atoms with E-state index >= 15 is 0 Å². The molecule has 0 rings (SSSR count). The van der Waals surface area contributed by atoms with Gasteiger partial charge >= 0.3 is 39.5 Å². The highest BCUT2D eigenvalue weighted by atomic mass is 31.2. The van der Waals surface area contributed by atoms with E-state index < -0.39 is 97.5 Å². The molecular formula is C77H140O17P2. The van der Waals surface area contributed by atoms with Gasteiger partial charge in [-0.2, -0.15) is 0 Å². The lowest BCUT2D eigenvalue weighted by atomic mass is 10.0. The van der Waals surface area contributed by atoms with Gasteiger partial charge in [0.15, 0.2) is 12.2 Å². The van der Waals surface area contributed by atoms with Gasteiger partial charge in [0.2, 0.25) is 0 Å². The maximum Gasteiger partial charge on any atom is 0.472 e. The van der Waals surface area contributed by atoms with Crippen LogP contribution >= 0.6 is 15.6 Å². The number of allylic oxidation sites excluding steroid dienone is 10. The number of aliphatic hydroxyl groups excluding tert-OH is 1. The highest BCUT2D eigenvalue weighted by molar-refractivity contribution is 7.47. The molecule has 5 atom stereocenters. The van der Waals surface area contributed by atoms with E-state index in [0.717, 1.165) is 161 Å². The normalized spacial score (nSPS) is 14.3. The number of phosphoric ester groups is 2. The smallest absolute Gasteiger partial charge is 0.462 e. The van der Waals surface area contributed by atoms with Gasteiger partial charge in [0.1, 0.15) is 19.3 Å². The Balaban J connectivity index is 5.30. The number of hydrogen-bond donors (Lipinski definition) is 3. The predicted octanol–water partition coefficient (Wildman–Crippen LogP) is 21.9. The van der Waals surface area contributed by atoms with E-state index in [1.54, 1.807) is 0 Å². The summed E-state index contributed by atoms with van der Waals surface area (Å²) < 4.78 is 68.5. The average molecular weight is 1400 g/mol. The first-order valence-corrected chi connectivity index (χ1v) is 41.5. The van der Waals surface area contributed by atoms with Gasteiger partial charge in [0.05, 0.1) is 26.4 Å². The van der Waals surface area contributed by atoms with Gasteiger partial charge in [-0.05, 0) is 83.5 Å². The average Bonchev–Trinajstić information content (AvgIpc) is 3.12. The van der Waals surface area contributed by atoms with Crippen molar-refractivity contribution >= 4 is 39.5 Å². The van der Waals surface area contributed by atoms with Crippen LogP contribution in [0.3, 0.4) is 0 Å². The number of hydrogen-bond acceptors (Lipinski definition) is 15. The number of carbonyl (C=O) groups is 4. The number of esters is 4. The molecule has 3 N–H and O–H groups in total. The first kappa shape index (κ1) is 92.8. The lowest BCUT2D eigenvalue weighted by Crippen LogP contribution is -2.30. The van der Waals surface area contributed by atoms with Crippen molar-refractivity contribution in [2.75, 3.05) is 39.6 Å². The SMILES string of the molecule is CC/C=C\C/C=C\C/C=C\CCCCCCCCCC(=O)OCC(COP(=O)(O)OCC(O)COP(=O)(O)OCC(COC(=O)CCCCCCCCCCCCCCC)OC(=O)CCCCCCCCCCCCCCC)OC(=O)CCCCCCC/C=C\C/C=C\CCC. The summed E-state index contributed by atoms with van der Waals surface area (Å²) >= 11 is 0. The second kappa shape index (κ2) is 70.2. The molecule has 0 aromatic heterocycles. The Kier molecular flexibility index (Phi) is 67.8. The molecule has 560 valence electrons. The minimum atomic E-state index is -4.97. The van der Waals surface area contributed by atoms with Crippen LogP contribution in [0.25, 0.3) is 0 Å². The highest BCUT2D eigenvalue weighted by Crippen LogP contribution is 2.45. The second-order valence-electron chi connectivity index (χ2n) is 25.9. The number of phosphoric acid groups is 2. The molecule has 0 fully saturated rings. The van der Waals surface area contributed by atoms with Gasteiger partial charge < -0.3 is 33.8 Å². The Morgan fingerprint density at radius 2 is 0.562 bits per heavy atom. The van der Waals surface area contributed by atoms with Crippen molar-refractivity contribution in [3.8, 4) is 0 Å². The van der Waals surface area contributed by atoms with Crippen molar-refractivity contribution in [1.29, 1.82) is 0 Å². The summed E-state index contributed by atoms with van der Waals surface area (Å²) in [5.41, 5.74) is 0. The van der Waals surface area contributed by atoms with Crippen LogP contribution in [0.4, 0.5) is 0 Å². The molecule has 0 saturated heterocycles. The largest absolute Gasteiger partial charge is 0.472 e. The minimum Gasteiger partial charge on any atom is -0.462 e. The van der Waals surface area contributed by atoms with Crippen LogP contribution in [0.2, 0.25) is 0 Å². The van der Waals surface area contributed by atoms with E-state index in [2.05, 4.69) is 88.5 Å².